The fourth-order valence-electron chi connectivity index (χ4n) is 3.04. The van der Waals surface area contributed by atoms with Crippen molar-refractivity contribution in [3.8, 4) is 5.75 Å². The highest BCUT2D eigenvalue weighted by molar-refractivity contribution is 6.41. The van der Waals surface area contributed by atoms with Gasteiger partial charge in [-0.3, -0.25) is 14.4 Å². The Hall–Kier alpha value is -3.35. The van der Waals surface area contributed by atoms with Crippen LogP contribution in [0.3, 0.4) is 0 Å². The number of hydrogen-bond acceptors (Lipinski definition) is 4. The van der Waals surface area contributed by atoms with E-state index in [1.807, 2.05) is 32.0 Å². The second-order valence-corrected chi connectivity index (χ2v) is 6.73. The lowest BCUT2D eigenvalue weighted by Crippen LogP contribution is -2.56. The summed E-state index contributed by atoms with van der Waals surface area (Å²) in [6.45, 7) is 4.39. The van der Waals surface area contributed by atoms with E-state index in [9.17, 15) is 14.4 Å². The number of nitrogens with zero attached hydrogens (tertiary/aromatic N) is 2. The Balaban J connectivity index is 1.64. The maximum absolute atomic E-state index is 12.5. The lowest BCUT2D eigenvalue weighted by molar-refractivity contribution is -0.147. The summed E-state index contributed by atoms with van der Waals surface area (Å²) in [6.07, 6.45) is 0. The Morgan fingerprint density at radius 2 is 1.82 bits per heavy atom. The number of nitrogens with one attached hydrogen (secondary N) is 1. The molecule has 2 aromatic rings. The normalized spacial score (nSPS) is 14.2. The first-order valence-corrected chi connectivity index (χ1v) is 9.01. The Labute approximate surface area is 163 Å². The molecule has 0 unspecified atom stereocenters. The summed E-state index contributed by atoms with van der Waals surface area (Å²) in [7, 11) is 1.54. The first kappa shape index (κ1) is 19.4. The fraction of sp³-hybridized carbons (Fsp3) is 0.286. The van der Waals surface area contributed by atoms with Crippen LogP contribution in [0.25, 0.3) is 0 Å². The summed E-state index contributed by atoms with van der Waals surface area (Å²) in [5, 5.41) is 2.78. The number of carbonyl (C=O) groups is 3. The average Bonchev–Trinajstić information content (AvgIpc) is 2.68. The highest BCUT2D eigenvalue weighted by Gasteiger charge is 2.34. The summed E-state index contributed by atoms with van der Waals surface area (Å²) in [4.78, 5) is 40.0. The molecule has 0 aliphatic carbocycles. The third kappa shape index (κ3) is 4.14. The molecule has 7 heteroatoms. The molecule has 0 spiro atoms. The Morgan fingerprint density at radius 1 is 1.04 bits per heavy atom. The molecule has 1 heterocycles. The second-order valence-electron chi connectivity index (χ2n) is 6.73. The van der Waals surface area contributed by atoms with Crippen molar-refractivity contribution in [1.82, 2.24) is 4.90 Å². The van der Waals surface area contributed by atoms with E-state index in [0.717, 1.165) is 11.1 Å². The number of rotatable bonds is 5. The predicted octanol–water partition coefficient (Wildman–Crippen LogP) is 2.13. The van der Waals surface area contributed by atoms with E-state index < -0.39 is 11.8 Å². The summed E-state index contributed by atoms with van der Waals surface area (Å²) in [5.41, 5.74) is 3.46. The van der Waals surface area contributed by atoms with Crippen molar-refractivity contribution in [2.24, 2.45) is 0 Å². The van der Waals surface area contributed by atoms with Crippen LogP contribution in [-0.4, -0.2) is 49.4 Å². The van der Waals surface area contributed by atoms with Crippen molar-refractivity contribution in [3.63, 3.8) is 0 Å². The van der Waals surface area contributed by atoms with Crippen LogP contribution in [0.5, 0.6) is 5.75 Å². The van der Waals surface area contributed by atoms with Crippen LogP contribution in [0.2, 0.25) is 0 Å². The van der Waals surface area contributed by atoms with E-state index >= 15 is 0 Å². The lowest BCUT2D eigenvalue weighted by atomic mass is 10.1. The van der Waals surface area contributed by atoms with Crippen LogP contribution >= 0.6 is 0 Å². The average molecular weight is 381 g/mol. The van der Waals surface area contributed by atoms with Crippen LogP contribution in [0.4, 0.5) is 11.4 Å². The third-order valence-corrected chi connectivity index (χ3v) is 4.80. The zero-order chi connectivity index (χ0) is 20.3. The monoisotopic (exact) mass is 381 g/mol. The van der Waals surface area contributed by atoms with Crippen LogP contribution in [0.15, 0.2) is 42.5 Å². The standard InChI is InChI=1S/C21H23N3O4/c1-14-7-8-16(11-15(14)2)22-19(25)13-23-9-10-24(21(27)20(23)26)17-5-4-6-18(12-17)28-3/h4-8,11-12H,9-10,13H2,1-3H3,(H,22,25). The summed E-state index contributed by atoms with van der Waals surface area (Å²) >= 11 is 0. The first-order valence-electron chi connectivity index (χ1n) is 9.01. The number of anilines is 2. The van der Waals surface area contributed by atoms with Crippen molar-refractivity contribution in [1.29, 1.82) is 0 Å². The van der Waals surface area contributed by atoms with Crippen molar-refractivity contribution >= 4 is 29.1 Å². The van der Waals surface area contributed by atoms with Crippen LogP contribution in [-0.2, 0) is 14.4 Å². The van der Waals surface area contributed by atoms with Crippen LogP contribution in [0.1, 0.15) is 11.1 Å². The van der Waals surface area contributed by atoms with Crippen molar-refractivity contribution in [3.05, 3.63) is 53.6 Å². The SMILES string of the molecule is COc1cccc(N2CCN(CC(=O)Nc3ccc(C)c(C)c3)C(=O)C2=O)c1. The van der Waals surface area contributed by atoms with Crippen LogP contribution < -0.4 is 15.0 Å². The molecule has 0 radical (unpaired) electrons. The van der Waals surface area contributed by atoms with Crippen molar-refractivity contribution in [2.45, 2.75) is 13.8 Å². The minimum atomic E-state index is -0.690. The van der Waals surface area contributed by atoms with E-state index in [1.165, 1.54) is 16.9 Å². The van der Waals surface area contributed by atoms with Gasteiger partial charge in [0.1, 0.15) is 12.3 Å². The maximum Gasteiger partial charge on any atom is 0.316 e. The molecule has 1 aliphatic heterocycles. The van der Waals surface area contributed by atoms with E-state index in [2.05, 4.69) is 5.32 Å². The molecule has 0 aromatic heterocycles. The summed E-state index contributed by atoms with van der Waals surface area (Å²) in [6, 6.07) is 12.6. The Bertz CT molecular complexity index is 926. The molecular formula is C21H23N3O4. The lowest BCUT2D eigenvalue weighted by Gasteiger charge is -2.33. The fourth-order valence-corrected chi connectivity index (χ4v) is 3.04. The third-order valence-electron chi connectivity index (χ3n) is 4.80. The zero-order valence-electron chi connectivity index (χ0n) is 16.2. The molecule has 1 N–H and O–H groups in total. The molecule has 1 saturated heterocycles. The molecular weight excluding hydrogens is 358 g/mol. The maximum atomic E-state index is 12.5. The van der Waals surface area contributed by atoms with Crippen molar-refractivity contribution < 1.29 is 19.1 Å². The topological polar surface area (TPSA) is 79.0 Å². The van der Waals surface area contributed by atoms with Gasteiger partial charge in [-0.15, -0.1) is 0 Å². The molecule has 3 rings (SSSR count). The van der Waals surface area contributed by atoms with Gasteiger partial charge < -0.3 is 19.9 Å². The van der Waals surface area contributed by atoms with Gasteiger partial charge in [0.2, 0.25) is 5.91 Å². The van der Waals surface area contributed by atoms with Gasteiger partial charge in [0.15, 0.2) is 0 Å². The number of piperazine rings is 1. The molecule has 3 amide bonds. The highest BCUT2D eigenvalue weighted by atomic mass is 16.5. The van der Waals surface area contributed by atoms with Gasteiger partial charge in [-0.25, -0.2) is 0 Å². The summed E-state index contributed by atoms with van der Waals surface area (Å²) in [5.74, 6) is -1.07. The summed E-state index contributed by atoms with van der Waals surface area (Å²) < 4.78 is 5.17. The molecule has 0 atom stereocenters. The van der Waals surface area contributed by atoms with Crippen LogP contribution in [0, 0.1) is 13.8 Å². The number of ether oxygens (including phenoxy) is 1. The quantitative estimate of drug-likeness (QED) is 0.805. The minimum Gasteiger partial charge on any atom is -0.497 e. The smallest absolute Gasteiger partial charge is 0.316 e. The molecule has 0 saturated carbocycles. The van der Waals surface area contributed by atoms with Gasteiger partial charge in [-0.05, 0) is 49.2 Å². The largest absolute Gasteiger partial charge is 0.497 e. The van der Waals surface area contributed by atoms with E-state index in [-0.39, 0.29) is 19.0 Å². The van der Waals surface area contributed by atoms with Gasteiger partial charge in [0.25, 0.3) is 0 Å². The number of hydrogen-bond donors (Lipinski definition) is 1. The van der Waals surface area contributed by atoms with E-state index in [4.69, 9.17) is 4.74 Å². The number of benzene rings is 2. The zero-order valence-corrected chi connectivity index (χ0v) is 16.2. The molecule has 2 aromatic carbocycles. The first-order chi connectivity index (χ1) is 13.4. The molecule has 7 nitrogen and oxygen atoms in total. The molecule has 1 fully saturated rings. The molecule has 1 aliphatic rings. The number of carbonyl (C=O) groups excluding carboxylic acids is 3. The number of methoxy groups -OCH3 is 1. The highest BCUT2D eigenvalue weighted by Crippen LogP contribution is 2.23. The van der Waals surface area contributed by atoms with Gasteiger partial charge in [0.05, 0.1) is 7.11 Å². The minimum absolute atomic E-state index is 0.163. The van der Waals surface area contributed by atoms with Gasteiger partial charge in [0, 0.05) is 30.5 Å². The van der Waals surface area contributed by atoms with Gasteiger partial charge in [-0.1, -0.05) is 12.1 Å². The predicted molar refractivity (Wildman–Crippen MR) is 106 cm³/mol. The van der Waals surface area contributed by atoms with Gasteiger partial charge in [-0.2, -0.15) is 0 Å². The van der Waals surface area contributed by atoms with E-state index in [1.54, 1.807) is 24.3 Å². The van der Waals surface area contributed by atoms with E-state index in [0.29, 0.717) is 23.7 Å². The molecule has 0 bridgehead atoms. The van der Waals surface area contributed by atoms with Crippen molar-refractivity contribution in [2.75, 3.05) is 37.0 Å². The number of amides is 3. The Morgan fingerprint density at radius 3 is 2.54 bits per heavy atom. The number of aryl methyl sites for hydroxylation is 2. The molecule has 28 heavy (non-hydrogen) atoms. The van der Waals surface area contributed by atoms with Gasteiger partial charge >= 0.3 is 11.8 Å². The molecule has 146 valence electrons. The second kappa shape index (κ2) is 8.12. The Kier molecular flexibility index (Phi) is 5.63.